The molecule has 1 amide bonds. The zero-order valence-corrected chi connectivity index (χ0v) is 16.1. The van der Waals surface area contributed by atoms with Crippen LogP contribution in [-0.2, 0) is 17.8 Å². The predicted octanol–water partition coefficient (Wildman–Crippen LogP) is 3.93. The number of hydrogen-bond acceptors (Lipinski definition) is 3. The van der Waals surface area contributed by atoms with E-state index in [1.165, 1.54) is 4.68 Å². The number of benzene rings is 3. The molecule has 3 aromatic carbocycles. The zero-order valence-electron chi connectivity index (χ0n) is 16.1. The first kappa shape index (κ1) is 18.6. The number of amides is 1. The molecular formula is C24H21N3O2. The van der Waals surface area contributed by atoms with Gasteiger partial charge in [0.05, 0.1) is 11.1 Å². The Bertz CT molecular complexity index is 1230. The molecule has 0 radical (unpaired) electrons. The molecule has 5 nitrogen and oxygen atoms in total. The second-order valence-corrected chi connectivity index (χ2v) is 6.96. The van der Waals surface area contributed by atoms with Crippen LogP contribution in [0.1, 0.15) is 16.8 Å². The molecule has 0 saturated heterocycles. The van der Waals surface area contributed by atoms with Crippen LogP contribution in [0, 0.1) is 6.92 Å². The SMILES string of the molecule is Cc1nn(CC(=O)Nc2ccccc2Cc2ccccc2)c(=O)c2ccccc12. The molecule has 5 heteroatoms. The quantitative estimate of drug-likeness (QED) is 0.568. The number of aromatic nitrogens is 2. The molecule has 0 spiro atoms. The summed E-state index contributed by atoms with van der Waals surface area (Å²) in [7, 11) is 0. The number of nitrogens with one attached hydrogen (secondary N) is 1. The van der Waals surface area contributed by atoms with Gasteiger partial charge in [-0.15, -0.1) is 0 Å². The van der Waals surface area contributed by atoms with E-state index in [4.69, 9.17) is 0 Å². The lowest BCUT2D eigenvalue weighted by Crippen LogP contribution is -2.30. The van der Waals surface area contributed by atoms with E-state index in [1.807, 2.05) is 67.6 Å². The molecule has 0 unspecified atom stereocenters. The Hall–Kier alpha value is -3.73. The first-order valence-electron chi connectivity index (χ1n) is 9.50. The molecule has 0 atom stereocenters. The van der Waals surface area contributed by atoms with Crippen LogP contribution in [-0.4, -0.2) is 15.7 Å². The zero-order chi connectivity index (χ0) is 20.2. The Labute approximate surface area is 168 Å². The van der Waals surface area contributed by atoms with Crippen molar-refractivity contribution in [3.05, 3.63) is 106 Å². The molecule has 0 aliphatic carbocycles. The summed E-state index contributed by atoms with van der Waals surface area (Å²) >= 11 is 0. The number of anilines is 1. The number of para-hydroxylation sites is 1. The highest BCUT2D eigenvalue weighted by atomic mass is 16.2. The monoisotopic (exact) mass is 383 g/mol. The van der Waals surface area contributed by atoms with Crippen molar-refractivity contribution in [3.8, 4) is 0 Å². The second-order valence-electron chi connectivity index (χ2n) is 6.96. The van der Waals surface area contributed by atoms with Gasteiger partial charge in [0.1, 0.15) is 6.54 Å². The second kappa shape index (κ2) is 8.10. The third-order valence-corrected chi connectivity index (χ3v) is 4.87. The largest absolute Gasteiger partial charge is 0.324 e. The molecule has 0 aliphatic rings. The summed E-state index contributed by atoms with van der Waals surface area (Å²) in [6.07, 6.45) is 0.713. The van der Waals surface area contributed by atoms with Crippen LogP contribution >= 0.6 is 0 Å². The molecule has 0 saturated carbocycles. The summed E-state index contributed by atoms with van der Waals surface area (Å²) in [6.45, 7) is 1.70. The Morgan fingerprint density at radius 2 is 1.55 bits per heavy atom. The highest BCUT2D eigenvalue weighted by Crippen LogP contribution is 2.19. The van der Waals surface area contributed by atoms with E-state index in [1.54, 1.807) is 6.07 Å². The minimum absolute atomic E-state index is 0.135. The number of rotatable bonds is 5. The van der Waals surface area contributed by atoms with E-state index in [0.717, 1.165) is 27.9 Å². The first-order chi connectivity index (χ1) is 14.1. The van der Waals surface area contributed by atoms with Crippen molar-refractivity contribution in [2.24, 2.45) is 0 Å². The molecule has 0 aliphatic heterocycles. The van der Waals surface area contributed by atoms with Gasteiger partial charge < -0.3 is 5.32 Å². The lowest BCUT2D eigenvalue weighted by atomic mass is 10.0. The van der Waals surface area contributed by atoms with Crippen molar-refractivity contribution < 1.29 is 4.79 Å². The van der Waals surface area contributed by atoms with E-state index >= 15 is 0 Å². The van der Waals surface area contributed by atoms with Crippen molar-refractivity contribution >= 4 is 22.4 Å². The molecular weight excluding hydrogens is 362 g/mol. The van der Waals surface area contributed by atoms with Crippen molar-refractivity contribution in [2.45, 2.75) is 19.9 Å². The minimum Gasteiger partial charge on any atom is -0.324 e. The summed E-state index contributed by atoms with van der Waals surface area (Å²) in [6, 6.07) is 25.1. The van der Waals surface area contributed by atoms with Crippen LogP contribution in [0.5, 0.6) is 0 Å². The fraction of sp³-hybridized carbons (Fsp3) is 0.125. The van der Waals surface area contributed by atoms with Crippen LogP contribution in [0.3, 0.4) is 0 Å². The van der Waals surface area contributed by atoms with Crippen molar-refractivity contribution in [1.29, 1.82) is 0 Å². The van der Waals surface area contributed by atoms with Crippen LogP contribution in [0.2, 0.25) is 0 Å². The number of carbonyl (C=O) groups excluding carboxylic acids is 1. The maximum absolute atomic E-state index is 12.7. The Morgan fingerprint density at radius 1 is 0.897 bits per heavy atom. The standard InChI is InChI=1S/C24H21N3O2/c1-17-20-12-6-7-13-21(20)24(29)27(26-17)16-23(28)25-22-14-8-5-11-19(22)15-18-9-3-2-4-10-18/h2-14H,15-16H2,1H3,(H,25,28). The Balaban J connectivity index is 1.56. The van der Waals surface area contributed by atoms with Crippen LogP contribution in [0.15, 0.2) is 83.7 Å². The van der Waals surface area contributed by atoms with Gasteiger partial charge in [0.15, 0.2) is 0 Å². The normalized spacial score (nSPS) is 10.8. The summed E-state index contributed by atoms with van der Waals surface area (Å²) in [4.78, 5) is 25.4. The van der Waals surface area contributed by atoms with Crippen LogP contribution < -0.4 is 10.9 Å². The number of hydrogen-bond donors (Lipinski definition) is 1. The van der Waals surface area contributed by atoms with Gasteiger partial charge in [0.2, 0.25) is 5.91 Å². The molecule has 144 valence electrons. The van der Waals surface area contributed by atoms with Crippen LogP contribution in [0.25, 0.3) is 10.8 Å². The topological polar surface area (TPSA) is 64.0 Å². The molecule has 0 fully saturated rings. The van der Waals surface area contributed by atoms with Gasteiger partial charge in [0, 0.05) is 11.1 Å². The van der Waals surface area contributed by atoms with Gasteiger partial charge in [-0.1, -0.05) is 66.7 Å². The van der Waals surface area contributed by atoms with Crippen LogP contribution in [0.4, 0.5) is 5.69 Å². The van der Waals surface area contributed by atoms with Gasteiger partial charge in [-0.2, -0.15) is 5.10 Å². The molecule has 1 aromatic heterocycles. The van der Waals surface area contributed by atoms with E-state index in [0.29, 0.717) is 11.8 Å². The fourth-order valence-corrected chi connectivity index (χ4v) is 3.45. The van der Waals surface area contributed by atoms with E-state index in [-0.39, 0.29) is 18.0 Å². The van der Waals surface area contributed by atoms with Gasteiger partial charge in [-0.3, -0.25) is 9.59 Å². The van der Waals surface area contributed by atoms with Gasteiger partial charge in [-0.25, -0.2) is 4.68 Å². The van der Waals surface area contributed by atoms with Crippen molar-refractivity contribution in [3.63, 3.8) is 0 Å². The number of aryl methyl sites for hydroxylation is 1. The third kappa shape index (κ3) is 4.09. The minimum atomic E-state index is -0.283. The predicted molar refractivity (Wildman–Crippen MR) is 115 cm³/mol. The Morgan fingerprint density at radius 3 is 2.34 bits per heavy atom. The van der Waals surface area contributed by atoms with Gasteiger partial charge in [0.25, 0.3) is 5.56 Å². The van der Waals surface area contributed by atoms with E-state index in [9.17, 15) is 9.59 Å². The van der Waals surface area contributed by atoms with Gasteiger partial charge >= 0.3 is 0 Å². The van der Waals surface area contributed by atoms with E-state index < -0.39 is 0 Å². The summed E-state index contributed by atoms with van der Waals surface area (Å²) in [5.74, 6) is -0.283. The highest BCUT2D eigenvalue weighted by molar-refractivity contribution is 5.91. The molecule has 0 bridgehead atoms. The number of fused-ring (bicyclic) bond motifs is 1. The maximum Gasteiger partial charge on any atom is 0.275 e. The van der Waals surface area contributed by atoms with E-state index in [2.05, 4.69) is 22.5 Å². The summed E-state index contributed by atoms with van der Waals surface area (Å²) in [5, 5.41) is 8.63. The van der Waals surface area contributed by atoms with Crippen molar-refractivity contribution in [1.82, 2.24) is 9.78 Å². The number of carbonyl (C=O) groups is 1. The number of nitrogens with zero attached hydrogens (tertiary/aromatic N) is 2. The highest BCUT2D eigenvalue weighted by Gasteiger charge is 2.12. The average Bonchev–Trinajstić information content (AvgIpc) is 2.74. The lowest BCUT2D eigenvalue weighted by molar-refractivity contribution is -0.117. The van der Waals surface area contributed by atoms with Crippen molar-refractivity contribution in [2.75, 3.05) is 5.32 Å². The lowest BCUT2D eigenvalue weighted by Gasteiger charge is -2.12. The molecule has 1 N–H and O–H groups in total. The average molecular weight is 383 g/mol. The summed E-state index contributed by atoms with van der Waals surface area (Å²) < 4.78 is 1.23. The fourth-order valence-electron chi connectivity index (χ4n) is 3.45. The molecule has 1 heterocycles. The summed E-state index contributed by atoms with van der Waals surface area (Å²) in [5.41, 5.74) is 3.38. The maximum atomic E-state index is 12.7. The Kier molecular flexibility index (Phi) is 5.20. The molecule has 4 rings (SSSR count). The van der Waals surface area contributed by atoms with Gasteiger partial charge in [-0.05, 0) is 36.6 Å². The molecule has 4 aromatic rings. The smallest absolute Gasteiger partial charge is 0.275 e. The third-order valence-electron chi connectivity index (χ3n) is 4.87. The molecule has 29 heavy (non-hydrogen) atoms. The first-order valence-corrected chi connectivity index (χ1v) is 9.50.